The highest BCUT2D eigenvalue weighted by Crippen LogP contribution is 2.32. The molecule has 0 saturated carbocycles. The molecule has 1 amide bonds. The molecule has 3 aromatic heterocycles. The Kier molecular flexibility index (Phi) is 5.20. The second-order valence-electron chi connectivity index (χ2n) is 6.66. The number of amides is 1. The average Bonchev–Trinajstić information content (AvgIpc) is 3.37. The van der Waals surface area contributed by atoms with Crippen molar-refractivity contribution in [1.82, 2.24) is 15.0 Å². The maximum absolute atomic E-state index is 12.5. The van der Waals surface area contributed by atoms with Gasteiger partial charge >= 0.3 is 0 Å². The summed E-state index contributed by atoms with van der Waals surface area (Å²) in [6.45, 7) is 1.99. The van der Waals surface area contributed by atoms with Gasteiger partial charge in [0, 0.05) is 17.4 Å². The van der Waals surface area contributed by atoms with Crippen LogP contribution >= 0.6 is 34.4 Å². The standard InChI is InChI=1S/C22H16N4OS3/c1-13-11-14(20-25-17-6-4-10-23-21(17)30-20)8-9-15(13)24-19(27)12-28-22-26-16-5-2-3-7-18(16)29-22/h2-11H,12H2,1H3,(H,24,27). The van der Waals surface area contributed by atoms with Crippen molar-refractivity contribution in [2.24, 2.45) is 0 Å². The minimum Gasteiger partial charge on any atom is -0.325 e. The maximum atomic E-state index is 12.5. The molecule has 5 nitrogen and oxygen atoms in total. The third-order valence-corrected chi connectivity index (χ3v) is 7.72. The van der Waals surface area contributed by atoms with E-state index in [1.54, 1.807) is 28.9 Å². The van der Waals surface area contributed by atoms with E-state index in [0.29, 0.717) is 5.75 Å². The summed E-state index contributed by atoms with van der Waals surface area (Å²) in [4.78, 5) is 27.0. The molecule has 148 valence electrons. The van der Waals surface area contributed by atoms with Gasteiger partial charge in [0.15, 0.2) is 4.34 Å². The Morgan fingerprint density at radius 1 is 1.03 bits per heavy atom. The smallest absolute Gasteiger partial charge is 0.234 e. The van der Waals surface area contributed by atoms with Crippen LogP contribution in [0, 0.1) is 6.92 Å². The Labute approximate surface area is 185 Å². The first kappa shape index (κ1) is 19.2. The number of hydrogen-bond donors (Lipinski definition) is 1. The molecule has 2 aromatic carbocycles. The van der Waals surface area contributed by atoms with Gasteiger partial charge < -0.3 is 5.32 Å². The molecular formula is C22H16N4OS3. The third kappa shape index (κ3) is 3.94. The molecule has 0 unspecified atom stereocenters. The fraction of sp³-hybridized carbons (Fsp3) is 0.0909. The molecule has 5 aromatic rings. The lowest BCUT2D eigenvalue weighted by Gasteiger charge is -2.09. The molecule has 3 heterocycles. The lowest BCUT2D eigenvalue weighted by atomic mass is 10.1. The van der Waals surface area contributed by atoms with Crippen LogP contribution < -0.4 is 5.32 Å². The van der Waals surface area contributed by atoms with Crippen LogP contribution in [0.2, 0.25) is 0 Å². The molecule has 1 N–H and O–H groups in total. The molecule has 0 aliphatic rings. The molecule has 0 bridgehead atoms. The van der Waals surface area contributed by atoms with E-state index in [-0.39, 0.29) is 5.91 Å². The zero-order chi connectivity index (χ0) is 20.5. The highest BCUT2D eigenvalue weighted by atomic mass is 32.2. The number of pyridine rings is 1. The Balaban J connectivity index is 1.26. The minimum absolute atomic E-state index is 0.0423. The van der Waals surface area contributed by atoms with E-state index in [9.17, 15) is 4.79 Å². The highest BCUT2D eigenvalue weighted by molar-refractivity contribution is 8.01. The van der Waals surface area contributed by atoms with Crippen LogP contribution in [-0.2, 0) is 4.79 Å². The number of aryl methyl sites for hydroxylation is 1. The molecule has 0 atom stereocenters. The number of carbonyl (C=O) groups is 1. The number of para-hydroxylation sites is 1. The first-order valence-corrected chi connectivity index (χ1v) is 11.9. The van der Waals surface area contributed by atoms with Crippen molar-refractivity contribution in [3.63, 3.8) is 0 Å². The zero-order valence-electron chi connectivity index (χ0n) is 16.0. The predicted molar refractivity (Wildman–Crippen MR) is 127 cm³/mol. The van der Waals surface area contributed by atoms with Crippen LogP contribution in [0.5, 0.6) is 0 Å². The molecule has 0 aliphatic carbocycles. The molecule has 8 heteroatoms. The SMILES string of the molecule is Cc1cc(-c2nc3cccnc3s2)ccc1NC(=O)CSc1nc2ccccc2s1. The van der Waals surface area contributed by atoms with E-state index in [1.165, 1.54) is 11.8 Å². The van der Waals surface area contributed by atoms with E-state index in [4.69, 9.17) is 0 Å². The Morgan fingerprint density at radius 2 is 1.90 bits per heavy atom. The quantitative estimate of drug-likeness (QED) is 0.334. The number of benzene rings is 2. The lowest BCUT2D eigenvalue weighted by Crippen LogP contribution is -2.14. The number of rotatable bonds is 5. The number of hydrogen-bond acceptors (Lipinski definition) is 7. The normalized spacial score (nSPS) is 11.2. The largest absolute Gasteiger partial charge is 0.325 e. The van der Waals surface area contributed by atoms with Crippen LogP contribution in [-0.4, -0.2) is 26.6 Å². The van der Waals surface area contributed by atoms with Crippen LogP contribution in [0.3, 0.4) is 0 Å². The topological polar surface area (TPSA) is 67.8 Å². The van der Waals surface area contributed by atoms with Gasteiger partial charge in [-0.05, 0) is 55.0 Å². The number of fused-ring (bicyclic) bond motifs is 2. The van der Waals surface area contributed by atoms with Crippen LogP contribution in [0.25, 0.3) is 31.1 Å². The lowest BCUT2D eigenvalue weighted by molar-refractivity contribution is -0.113. The van der Waals surface area contributed by atoms with Gasteiger partial charge in [-0.3, -0.25) is 4.79 Å². The fourth-order valence-corrected chi connectivity index (χ4v) is 5.83. The molecule has 5 rings (SSSR count). The van der Waals surface area contributed by atoms with Crippen LogP contribution in [0.15, 0.2) is 65.1 Å². The monoisotopic (exact) mass is 448 g/mol. The predicted octanol–water partition coefficient (Wildman–Crippen LogP) is 6.01. The summed E-state index contributed by atoms with van der Waals surface area (Å²) in [6, 6.07) is 17.8. The van der Waals surface area contributed by atoms with Gasteiger partial charge in [-0.15, -0.1) is 11.3 Å². The van der Waals surface area contributed by atoms with Crippen molar-refractivity contribution in [3.8, 4) is 10.6 Å². The number of thiazole rings is 2. The van der Waals surface area contributed by atoms with Gasteiger partial charge in [0.1, 0.15) is 15.4 Å². The zero-order valence-corrected chi connectivity index (χ0v) is 18.4. The van der Waals surface area contributed by atoms with E-state index in [2.05, 4.69) is 20.3 Å². The summed E-state index contributed by atoms with van der Waals surface area (Å²) < 4.78 is 2.04. The van der Waals surface area contributed by atoms with E-state index in [0.717, 1.165) is 46.7 Å². The molecule has 0 radical (unpaired) electrons. The van der Waals surface area contributed by atoms with E-state index < -0.39 is 0 Å². The summed E-state index contributed by atoms with van der Waals surface area (Å²) in [5.74, 6) is 0.282. The number of anilines is 1. The third-order valence-electron chi connectivity index (χ3n) is 4.51. The summed E-state index contributed by atoms with van der Waals surface area (Å²) in [6.07, 6.45) is 1.78. The minimum atomic E-state index is -0.0423. The Hall–Kier alpha value is -2.81. The molecular weight excluding hydrogens is 432 g/mol. The van der Waals surface area contributed by atoms with Gasteiger partial charge in [0.05, 0.1) is 16.0 Å². The Bertz CT molecular complexity index is 1310. The maximum Gasteiger partial charge on any atom is 0.234 e. The van der Waals surface area contributed by atoms with Crippen LogP contribution in [0.1, 0.15) is 5.56 Å². The number of nitrogens with one attached hydrogen (secondary N) is 1. The van der Waals surface area contributed by atoms with E-state index >= 15 is 0 Å². The first-order valence-electron chi connectivity index (χ1n) is 9.26. The van der Waals surface area contributed by atoms with Crippen molar-refractivity contribution in [2.45, 2.75) is 11.3 Å². The second kappa shape index (κ2) is 8.14. The first-order chi connectivity index (χ1) is 14.7. The van der Waals surface area contributed by atoms with Crippen molar-refractivity contribution >= 4 is 66.6 Å². The molecule has 30 heavy (non-hydrogen) atoms. The van der Waals surface area contributed by atoms with Crippen molar-refractivity contribution < 1.29 is 4.79 Å². The van der Waals surface area contributed by atoms with E-state index in [1.807, 2.05) is 61.5 Å². The fourth-order valence-electron chi connectivity index (χ4n) is 3.06. The summed E-state index contributed by atoms with van der Waals surface area (Å²) in [5, 5.41) is 3.93. The van der Waals surface area contributed by atoms with Crippen LogP contribution in [0.4, 0.5) is 5.69 Å². The average molecular weight is 449 g/mol. The van der Waals surface area contributed by atoms with Gasteiger partial charge in [-0.2, -0.15) is 0 Å². The summed E-state index contributed by atoms with van der Waals surface area (Å²) >= 11 is 4.64. The number of aromatic nitrogens is 3. The van der Waals surface area contributed by atoms with Gasteiger partial charge in [-0.25, -0.2) is 15.0 Å². The van der Waals surface area contributed by atoms with Crippen molar-refractivity contribution in [3.05, 3.63) is 66.4 Å². The van der Waals surface area contributed by atoms with Gasteiger partial charge in [0.25, 0.3) is 0 Å². The molecule has 0 fully saturated rings. The summed E-state index contributed by atoms with van der Waals surface area (Å²) in [5.41, 5.74) is 4.71. The van der Waals surface area contributed by atoms with Crippen molar-refractivity contribution in [2.75, 3.05) is 11.1 Å². The van der Waals surface area contributed by atoms with Gasteiger partial charge in [0.2, 0.25) is 5.91 Å². The summed E-state index contributed by atoms with van der Waals surface area (Å²) in [7, 11) is 0. The Morgan fingerprint density at radius 3 is 2.73 bits per heavy atom. The number of nitrogens with zero attached hydrogens (tertiary/aromatic N) is 3. The molecule has 0 aliphatic heterocycles. The number of thioether (sulfide) groups is 1. The second-order valence-corrected chi connectivity index (χ2v) is 9.89. The highest BCUT2D eigenvalue weighted by Gasteiger charge is 2.11. The molecule has 0 spiro atoms. The molecule has 0 saturated heterocycles. The number of carbonyl (C=O) groups excluding carboxylic acids is 1. The van der Waals surface area contributed by atoms with Crippen molar-refractivity contribution in [1.29, 1.82) is 0 Å². The van der Waals surface area contributed by atoms with Gasteiger partial charge in [-0.1, -0.05) is 35.2 Å².